The molecule has 0 amide bonds. The van der Waals surface area contributed by atoms with Crippen molar-refractivity contribution in [2.45, 2.75) is 57.2 Å². The molecule has 1 heterocycles. The molecule has 0 aromatic heterocycles. The molecule has 1 aliphatic rings. The van der Waals surface area contributed by atoms with Gasteiger partial charge in [-0.25, -0.2) is 0 Å². The first-order valence-corrected chi connectivity index (χ1v) is 11.7. The molecule has 21 heavy (non-hydrogen) atoms. The zero-order chi connectivity index (χ0) is 15.5. The van der Waals surface area contributed by atoms with Gasteiger partial charge in [0.15, 0.2) is 0 Å². The third-order valence-electron chi connectivity index (χ3n) is 4.27. The lowest BCUT2D eigenvalue weighted by molar-refractivity contribution is 0.0649. The molecule has 1 N–H and O–H groups in total. The van der Waals surface area contributed by atoms with Crippen LogP contribution in [0.25, 0.3) is 0 Å². The quantitative estimate of drug-likeness (QED) is 0.654. The largest absolute Gasteiger partial charge is 0.394 e. The van der Waals surface area contributed by atoms with Crippen LogP contribution in [0.2, 0.25) is 25.7 Å². The fourth-order valence-corrected chi connectivity index (χ4v) is 4.97. The number of aliphatic hydroxyl groups is 1. The van der Waals surface area contributed by atoms with Crippen LogP contribution < -0.4 is 0 Å². The van der Waals surface area contributed by atoms with Crippen LogP contribution in [0.4, 0.5) is 0 Å². The van der Waals surface area contributed by atoms with Gasteiger partial charge in [-0.1, -0.05) is 62.1 Å². The van der Waals surface area contributed by atoms with Crippen LogP contribution in [-0.4, -0.2) is 36.8 Å². The van der Waals surface area contributed by atoms with Gasteiger partial charge in [-0.3, -0.25) is 4.90 Å². The highest BCUT2D eigenvalue weighted by Gasteiger charge is 2.34. The van der Waals surface area contributed by atoms with Crippen molar-refractivity contribution < 1.29 is 5.11 Å². The van der Waals surface area contributed by atoms with E-state index in [0.717, 1.165) is 6.42 Å². The van der Waals surface area contributed by atoms with E-state index >= 15 is 0 Å². The van der Waals surface area contributed by atoms with Crippen LogP contribution >= 0.6 is 0 Å². The number of aliphatic hydroxyl groups excluding tert-OH is 1. The summed E-state index contributed by atoms with van der Waals surface area (Å²) >= 11 is 0. The molecule has 3 atom stereocenters. The Hall–Kier alpha value is -0.903. The average molecular weight is 304 g/mol. The summed E-state index contributed by atoms with van der Waals surface area (Å²) in [5.74, 6) is 0. The second-order valence-electron chi connectivity index (χ2n) is 7.40. The lowest BCUT2D eigenvalue weighted by atomic mass is 9.97. The van der Waals surface area contributed by atoms with Crippen LogP contribution in [0.5, 0.6) is 0 Å². The van der Waals surface area contributed by atoms with Crippen molar-refractivity contribution in [1.82, 2.24) is 4.90 Å². The van der Waals surface area contributed by atoms with E-state index in [1.807, 2.05) is 6.07 Å². The normalized spacial score (nSPS) is 25.0. The van der Waals surface area contributed by atoms with Crippen molar-refractivity contribution in [2.75, 3.05) is 6.61 Å². The van der Waals surface area contributed by atoms with Gasteiger partial charge in [-0.15, -0.1) is 0 Å². The first kappa shape index (κ1) is 16.5. The maximum atomic E-state index is 10.0. The van der Waals surface area contributed by atoms with Gasteiger partial charge in [0.25, 0.3) is 0 Å². The zero-order valence-electron chi connectivity index (χ0n) is 13.8. The Morgan fingerprint density at radius 1 is 1.24 bits per heavy atom. The van der Waals surface area contributed by atoms with Crippen molar-refractivity contribution in [3.63, 3.8) is 0 Å². The Morgan fingerprint density at radius 3 is 2.48 bits per heavy atom. The maximum absolute atomic E-state index is 10.0. The molecule has 0 radical (unpaired) electrons. The summed E-state index contributed by atoms with van der Waals surface area (Å²) in [6, 6.07) is 12.7. The SMILES string of the molecule is C[C@H]1CC=C[C@H](C[Si](C)(C)C)N1[C@@H](CO)c1ccccc1. The highest BCUT2D eigenvalue weighted by Crippen LogP contribution is 2.32. The van der Waals surface area contributed by atoms with E-state index in [1.54, 1.807) is 0 Å². The van der Waals surface area contributed by atoms with Crippen LogP contribution in [0.15, 0.2) is 42.5 Å². The molecular formula is C18H29NOSi. The number of rotatable bonds is 5. The smallest absolute Gasteiger partial charge is 0.0628 e. The number of hydrogen-bond acceptors (Lipinski definition) is 2. The van der Waals surface area contributed by atoms with Crippen LogP contribution in [0, 0.1) is 0 Å². The van der Waals surface area contributed by atoms with Crippen molar-refractivity contribution in [1.29, 1.82) is 0 Å². The molecule has 2 rings (SSSR count). The van der Waals surface area contributed by atoms with Crippen LogP contribution in [-0.2, 0) is 0 Å². The summed E-state index contributed by atoms with van der Waals surface area (Å²) in [6.07, 6.45) is 5.76. The lowest BCUT2D eigenvalue weighted by Gasteiger charge is -2.44. The molecule has 0 spiro atoms. The molecule has 0 fully saturated rings. The Kier molecular flexibility index (Phi) is 5.41. The molecule has 3 heteroatoms. The molecule has 1 aromatic carbocycles. The molecule has 0 unspecified atom stereocenters. The van der Waals surface area contributed by atoms with Crippen molar-refractivity contribution in [3.8, 4) is 0 Å². The van der Waals surface area contributed by atoms with E-state index in [0.29, 0.717) is 12.1 Å². The van der Waals surface area contributed by atoms with E-state index in [1.165, 1.54) is 11.6 Å². The van der Waals surface area contributed by atoms with Crippen molar-refractivity contribution in [3.05, 3.63) is 48.0 Å². The minimum Gasteiger partial charge on any atom is -0.394 e. The number of benzene rings is 1. The Balaban J connectivity index is 2.29. The van der Waals surface area contributed by atoms with Gasteiger partial charge in [0.1, 0.15) is 0 Å². The van der Waals surface area contributed by atoms with Gasteiger partial charge >= 0.3 is 0 Å². The monoisotopic (exact) mass is 303 g/mol. The first-order chi connectivity index (χ1) is 9.92. The standard InChI is InChI=1S/C18H29NOSi/c1-15-9-8-12-17(14-21(2,3)4)19(15)18(13-20)16-10-6-5-7-11-16/h5-8,10-12,15,17-18,20H,9,13-14H2,1-4H3/t15-,17+,18-/m0/s1. The minimum atomic E-state index is -1.15. The van der Waals surface area contributed by atoms with E-state index < -0.39 is 8.07 Å². The molecular weight excluding hydrogens is 274 g/mol. The van der Waals surface area contributed by atoms with Gasteiger partial charge in [0.2, 0.25) is 0 Å². The zero-order valence-corrected chi connectivity index (χ0v) is 14.8. The second-order valence-corrected chi connectivity index (χ2v) is 12.9. The maximum Gasteiger partial charge on any atom is 0.0628 e. The fourth-order valence-electron chi connectivity index (χ4n) is 3.37. The Morgan fingerprint density at radius 2 is 1.90 bits per heavy atom. The molecule has 2 nitrogen and oxygen atoms in total. The van der Waals surface area contributed by atoms with Gasteiger partial charge in [-0.05, 0) is 25.0 Å². The molecule has 0 saturated heterocycles. The fraction of sp³-hybridized carbons (Fsp3) is 0.556. The van der Waals surface area contributed by atoms with Crippen LogP contribution in [0.3, 0.4) is 0 Å². The summed E-state index contributed by atoms with van der Waals surface area (Å²) in [7, 11) is -1.15. The van der Waals surface area contributed by atoms with Crippen molar-refractivity contribution in [2.24, 2.45) is 0 Å². The van der Waals surface area contributed by atoms with Gasteiger partial charge in [0, 0.05) is 20.2 Å². The third kappa shape index (κ3) is 4.28. The van der Waals surface area contributed by atoms with Gasteiger partial charge in [0.05, 0.1) is 12.6 Å². The summed E-state index contributed by atoms with van der Waals surface area (Å²) < 4.78 is 0. The summed E-state index contributed by atoms with van der Waals surface area (Å²) in [5.41, 5.74) is 1.22. The molecule has 1 aromatic rings. The van der Waals surface area contributed by atoms with E-state index in [2.05, 4.69) is 67.9 Å². The summed E-state index contributed by atoms with van der Waals surface area (Å²) in [5, 5.41) is 10.0. The minimum absolute atomic E-state index is 0.104. The highest BCUT2D eigenvalue weighted by molar-refractivity contribution is 6.76. The van der Waals surface area contributed by atoms with Crippen molar-refractivity contribution >= 4 is 8.07 Å². The first-order valence-electron chi connectivity index (χ1n) is 8.02. The molecule has 0 bridgehead atoms. The topological polar surface area (TPSA) is 23.5 Å². The molecule has 0 saturated carbocycles. The van der Waals surface area contributed by atoms with E-state index in [9.17, 15) is 5.11 Å². The number of hydrogen-bond donors (Lipinski definition) is 1. The Labute approximate surface area is 130 Å². The summed E-state index contributed by atoms with van der Waals surface area (Å²) in [4.78, 5) is 2.54. The van der Waals surface area contributed by atoms with Gasteiger partial charge < -0.3 is 5.11 Å². The molecule has 1 aliphatic heterocycles. The third-order valence-corrected chi connectivity index (χ3v) is 5.91. The van der Waals surface area contributed by atoms with Crippen LogP contribution in [0.1, 0.15) is 24.9 Å². The lowest BCUT2D eigenvalue weighted by Crippen LogP contribution is -2.48. The van der Waals surface area contributed by atoms with E-state index in [4.69, 9.17) is 0 Å². The van der Waals surface area contributed by atoms with Gasteiger partial charge in [-0.2, -0.15) is 0 Å². The molecule has 0 aliphatic carbocycles. The predicted molar refractivity (Wildman–Crippen MR) is 93.3 cm³/mol. The predicted octanol–water partition coefficient (Wildman–Crippen LogP) is 4.08. The summed E-state index contributed by atoms with van der Waals surface area (Å²) in [6.45, 7) is 9.75. The molecule has 116 valence electrons. The Bertz CT molecular complexity index is 466. The second kappa shape index (κ2) is 6.90. The number of nitrogens with zero attached hydrogens (tertiary/aromatic N) is 1. The average Bonchev–Trinajstić information content (AvgIpc) is 2.42. The highest BCUT2D eigenvalue weighted by atomic mass is 28.3. The van der Waals surface area contributed by atoms with E-state index in [-0.39, 0.29) is 12.6 Å².